The van der Waals surface area contributed by atoms with E-state index in [1.807, 2.05) is 0 Å². The van der Waals surface area contributed by atoms with Gasteiger partial charge < -0.3 is 14.9 Å². The van der Waals surface area contributed by atoms with E-state index in [2.05, 4.69) is 42.3 Å². The van der Waals surface area contributed by atoms with E-state index in [-0.39, 0.29) is 16.9 Å². The van der Waals surface area contributed by atoms with Crippen LogP contribution in [0.1, 0.15) is 20.8 Å². The number of carboxylic acid groups (broad SMARTS) is 1. The first-order chi connectivity index (χ1) is 11.0. The van der Waals surface area contributed by atoms with Gasteiger partial charge in [0.25, 0.3) is 5.91 Å². The van der Waals surface area contributed by atoms with E-state index in [0.717, 1.165) is 4.47 Å². The largest absolute Gasteiger partial charge is 0.478 e. The molecule has 0 saturated carbocycles. The van der Waals surface area contributed by atoms with Crippen LogP contribution in [0.25, 0.3) is 11.0 Å². The minimum atomic E-state index is -1.14. The van der Waals surface area contributed by atoms with Gasteiger partial charge in [0.15, 0.2) is 11.3 Å². The molecule has 23 heavy (non-hydrogen) atoms. The average Bonchev–Trinajstić information content (AvgIpc) is 2.91. The van der Waals surface area contributed by atoms with Crippen LogP contribution in [0.5, 0.6) is 0 Å². The summed E-state index contributed by atoms with van der Waals surface area (Å²) in [6.07, 6.45) is 0. The highest BCUT2D eigenvalue weighted by atomic mass is 79.9. The quantitative estimate of drug-likeness (QED) is 0.634. The second-order valence-electron chi connectivity index (χ2n) is 4.62. The summed E-state index contributed by atoms with van der Waals surface area (Å²) in [5.74, 6) is -1.69. The first kappa shape index (κ1) is 15.7. The molecule has 0 radical (unpaired) electrons. The van der Waals surface area contributed by atoms with E-state index in [1.165, 1.54) is 12.1 Å². The van der Waals surface area contributed by atoms with E-state index in [0.29, 0.717) is 15.4 Å². The normalized spacial score (nSPS) is 10.7. The van der Waals surface area contributed by atoms with Gasteiger partial charge in [-0.25, -0.2) is 4.79 Å². The number of benzene rings is 2. The van der Waals surface area contributed by atoms with Crippen LogP contribution in [0.15, 0.2) is 49.9 Å². The number of hydrogen-bond donors (Lipinski definition) is 2. The lowest BCUT2D eigenvalue weighted by Crippen LogP contribution is -2.15. The molecule has 1 aromatic heterocycles. The lowest BCUT2D eigenvalue weighted by molar-refractivity contribution is 0.0698. The number of amides is 1. The number of nitrogens with zero attached hydrogens (tertiary/aromatic N) is 1. The Morgan fingerprint density at radius 1 is 1.09 bits per heavy atom. The molecule has 0 unspecified atom stereocenters. The molecule has 0 aliphatic rings. The van der Waals surface area contributed by atoms with Crippen LogP contribution < -0.4 is 5.32 Å². The lowest BCUT2D eigenvalue weighted by Gasteiger charge is -2.07. The van der Waals surface area contributed by atoms with Crippen molar-refractivity contribution in [3.8, 4) is 0 Å². The maximum Gasteiger partial charge on any atom is 0.337 e. The first-order valence-electron chi connectivity index (χ1n) is 6.35. The molecule has 0 saturated heterocycles. The number of carboxylic acids is 1. The van der Waals surface area contributed by atoms with Crippen molar-refractivity contribution in [2.75, 3.05) is 5.32 Å². The average molecular weight is 440 g/mol. The maximum atomic E-state index is 12.4. The molecule has 6 nitrogen and oxygen atoms in total. The second-order valence-corrected chi connectivity index (χ2v) is 6.45. The Morgan fingerprint density at radius 2 is 1.78 bits per heavy atom. The summed E-state index contributed by atoms with van der Waals surface area (Å²) in [7, 11) is 0. The van der Waals surface area contributed by atoms with Crippen LogP contribution in [0.3, 0.4) is 0 Å². The van der Waals surface area contributed by atoms with Crippen LogP contribution in [-0.2, 0) is 0 Å². The van der Waals surface area contributed by atoms with Crippen molar-refractivity contribution >= 4 is 60.4 Å². The van der Waals surface area contributed by atoms with E-state index < -0.39 is 11.9 Å². The minimum absolute atomic E-state index is 0.0262. The fourth-order valence-corrected chi connectivity index (χ4v) is 2.78. The van der Waals surface area contributed by atoms with Crippen molar-refractivity contribution in [2.45, 2.75) is 0 Å². The molecule has 0 aliphatic heterocycles. The molecule has 3 aromatic rings. The number of rotatable bonds is 3. The smallest absolute Gasteiger partial charge is 0.337 e. The molecule has 0 aliphatic carbocycles. The zero-order chi connectivity index (χ0) is 16.6. The van der Waals surface area contributed by atoms with E-state index >= 15 is 0 Å². The number of nitrogens with one attached hydrogen (secondary N) is 1. The van der Waals surface area contributed by atoms with Crippen LogP contribution in [0, 0.1) is 0 Å². The fourth-order valence-electron chi connectivity index (χ4n) is 2.06. The molecule has 1 amide bonds. The van der Waals surface area contributed by atoms with Crippen molar-refractivity contribution in [1.82, 2.24) is 5.16 Å². The molecule has 0 atom stereocenters. The van der Waals surface area contributed by atoms with E-state index in [9.17, 15) is 14.7 Å². The third-order valence-electron chi connectivity index (χ3n) is 3.11. The van der Waals surface area contributed by atoms with Gasteiger partial charge in [0, 0.05) is 8.95 Å². The molecule has 1 heterocycles. The summed E-state index contributed by atoms with van der Waals surface area (Å²) in [5, 5.41) is 16.1. The molecular formula is C15H8Br2N2O4. The Balaban J connectivity index is 1.98. The van der Waals surface area contributed by atoms with Gasteiger partial charge in [0.1, 0.15) is 0 Å². The number of fused-ring (bicyclic) bond motifs is 1. The number of carbonyl (C=O) groups excluding carboxylic acids is 1. The van der Waals surface area contributed by atoms with Crippen molar-refractivity contribution in [2.24, 2.45) is 0 Å². The highest BCUT2D eigenvalue weighted by Crippen LogP contribution is 2.25. The molecule has 116 valence electrons. The summed E-state index contributed by atoms with van der Waals surface area (Å²) < 4.78 is 6.48. The van der Waals surface area contributed by atoms with E-state index in [4.69, 9.17) is 4.52 Å². The number of hydrogen-bond acceptors (Lipinski definition) is 4. The minimum Gasteiger partial charge on any atom is -0.478 e. The Hall–Kier alpha value is -2.19. The summed E-state index contributed by atoms with van der Waals surface area (Å²) in [5.41, 5.74) is 0.701. The monoisotopic (exact) mass is 438 g/mol. The second kappa shape index (κ2) is 6.13. The van der Waals surface area contributed by atoms with Gasteiger partial charge in [0.05, 0.1) is 16.6 Å². The van der Waals surface area contributed by atoms with Crippen molar-refractivity contribution in [1.29, 1.82) is 0 Å². The van der Waals surface area contributed by atoms with Crippen LogP contribution in [0.2, 0.25) is 0 Å². The Labute approximate surface area is 146 Å². The summed E-state index contributed by atoms with van der Waals surface area (Å²) in [6, 6.07) is 9.72. The number of carbonyl (C=O) groups is 2. The predicted octanol–water partition coefficient (Wildman–Crippen LogP) is 4.30. The maximum absolute atomic E-state index is 12.4. The van der Waals surface area contributed by atoms with Crippen LogP contribution in [-0.4, -0.2) is 22.1 Å². The van der Waals surface area contributed by atoms with Crippen molar-refractivity contribution in [3.63, 3.8) is 0 Å². The number of halogens is 2. The van der Waals surface area contributed by atoms with E-state index in [1.54, 1.807) is 24.3 Å². The third-order valence-corrected chi connectivity index (χ3v) is 4.09. The fraction of sp³-hybridized carbons (Fsp3) is 0. The highest BCUT2D eigenvalue weighted by Gasteiger charge is 2.19. The van der Waals surface area contributed by atoms with Gasteiger partial charge in [-0.2, -0.15) is 0 Å². The van der Waals surface area contributed by atoms with Crippen molar-refractivity contribution in [3.05, 3.63) is 56.6 Å². The van der Waals surface area contributed by atoms with Gasteiger partial charge >= 0.3 is 5.97 Å². The molecule has 2 aromatic carbocycles. The van der Waals surface area contributed by atoms with Gasteiger partial charge in [-0.05, 0) is 36.4 Å². The first-order valence-corrected chi connectivity index (χ1v) is 7.93. The standard InChI is InChI=1S/C15H8Br2N2O4/c16-7-1-3-11(9(5-7)15(21)22)18-14(20)13-10-6-8(17)2-4-12(10)23-19-13/h1-6H,(H,18,20)(H,21,22). The predicted molar refractivity (Wildman–Crippen MR) is 90.8 cm³/mol. The van der Waals surface area contributed by atoms with Gasteiger partial charge in [-0.15, -0.1) is 0 Å². The van der Waals surface area contributed by atoms with Gasteiger partial charge in [-0.3, -0.25) is 4.79 Å². The summed E-state index contributed by atoms with van der Waals surface area (Å²) in [6.45, 7) is 0. The third kappa shape index (κ3) is 3.13. The van der Waals surface area contributed by atoms with Crippen molar-refractivity contribution < 1.29 is 19.2 Å². The lowest BCUT2D eigenvalue weighted by atomic mass is 10.1. The molecule has 8 heteroatoms. The molecule has 3 rings (SSSR count). The Morgan fingerprint density at radius 3 is 2.52 bits per heavy atom. The molecule has 2 N–H and O–H groups in total. The molecule has 0 bridgehead atoms. The Kier molecular flexibility index (Phi) is 4.18. The molecule has 0 fully saturated rings. The Bertz CT molecular complexity index is 936. The van der Waals surface area contributed by atoms with Crippen LogP contribution >= 0.6 is 31.9 Å². The van der Waals surface area contributed by atoms with Gasteiger partial charge in [-0.1, -0.05) is 37.0 Å². The number of anilines is 1. The molecular weight excluding hydrogens is 432 g/mol. The summed E-state index contributed by atoms with van der Waals surface area (Å²) >= 11 is 6.52. The topological polar surface area (TPSA) is 92.4 Å². The zero-order valence-corrected chi connectivity index (χ0v) is 14.5. The number of aromatic carboxylic acids is 1. The zero-order valence-electron chi connectivity index (χ0n) is 11.3. The number of aromatic nitrogens is 1. The highest BCUT2D eigenvalue weighted by molar-refractivity contribution is 9.10. The SMILES string of the molecule is O=C(O)c1cc(Br)ccc1NC(=O)c1noc2ccc(Br)cc12. The molecule has 0 spiro atoms. The van der Waals surface area contributed by atoms with Crippen LogP contribution in [0.4, 0.5) is 5.69 Å². The summed E-state index contributed by atoms with van der Waals surface area (Å²) in [4.78, 5) is 23.7. The van der Waals surface area contributed by atoms with Gasteiger partial charge in [0.2, 0.25) is 0 Å².